The van der Waals surface area contributed by atoms with E-state index < -0.39 is 12.0 Å². The summed E-state index contributed by atoms with van der Waals surface area (Å²) >= 11 is 4.51. The Balaban J connectivity index is 1.95. The summed E-state index contributed by atoms with van der Waals surface area (Å²) in [6.45, 7) is 9.85. The minimum Gasteiger partial charge on any atom is -0.503 e. The second-order valence-corrected chi connectivity index (χ2v) is 10.5. The normalized spacial score (nSPS) is 14.8. The van der Waals surface area contributed by atoms with Gasteiger partial charge in [0, 0.05) is 0 Å². The van der Waals surface area contributed by atoms with E-state index in [0.29, 0.717) is 55.3 Å². The number of methoxy groups -OCH3 is 1. The fraction of sp³-hybridized carbons (Fsp3) is 0.276. The number of esters is 1. The van der Waals surface area contributed by atoms with Gasteiger partial charge in [-0.15, -0.1) is 0 Å². The van der Waals surface area contributed by atoms with Crippen LogP contribution in [0.4, 0.5) is 0 Å². The van der Waals surface area contributed by atoms with Crippen molar-refractivity contribution >= 4 is 39.3 Å². The number of hydrogen-bond donors (Lipinski definition) is 1. The number of thiazole rings is 1. The van der Waals surface area contributed by atoms with Crippen LogP contribution in [0.2, 0.25) is 0 Å². The van der Waals surface area contributed by atoms with E-state index in [0.717, 1.165) is 0 Å². The largest absolute Gasteiger partial charge is 0.503 e. The molecule has 0 aliphatic carbocycles. The van der Waals surface area contributed by atoms with Gasteiger partial charge in [0.25, 0.3) is 5.56 Å². The average molecular weight is 630 g/mol. The Hall–Kier alpha value is -3.83. The molecule has 3 aromatic rings. The van der Waals surface area contributed by atoms with Crippen molar-refractivity contribution in [3.63, 3.8) is 0 Å². The highest BCUT2D eigenvalue weighted by atomic mass is 79.9. The minimum absolute atomic E-state index is 0.0403. The zero-order valence-electron chi connectivity index (χ0n) is 22.5. The summed E-state index contributed by atoms with van der Waals surface area (Å²) in [5, 5.41) is 10.2. The lowest BCUT2D eigenvalue weighted by atomic mass is 9.95. The van der Waals surface area contributed by atoms with E-state index in [-0.39, 0.29) is 29.2 Å². The van der Waals surface area contributed by atoms with Crippen LogP contribution < -0.4 is 29.1 Å². The molecule has 2 aromatic carbocycles. The van der Waals surface area contributed by atoms with E-state index in [2.05, 4.69) is 27.5 Å². The van der Waals surface area contributed by atoms with E-state index in [4.69, 9.17) is 18.9 Å². The first-order valence-corrected chi connectivity index (χ1v) is 14.1. The van der Waals surface area contributed by atoms with Gasteiger partial charge < -0.3 is 24.1 Å². The summed E-state index contributed by atoms with van der Waals surface area (Å²) in [5.41, 5.74) is 1.64. The van der Waals surface area contributed by atoms with Gasteiger partial charge in [-0.2, -0.15) is 0 Å². The number of ether oxygens (including phenoxy) is 4. The van der Waals surface area contributed by atoms with Gasteiger partial charge in [0.2, 0.25) is 0 Å². The zero-order chi connectivity index (χ0) is 29.0. The molecule has 0 unspecified atom stereocenters. The number of carbonyl (C=O) groups is 1. The standard InChI is InChI=1S/C29H29BrN2O7S/c1-6-11-39-20-10-9-18(15-21(20)37-7-2)25-24(28(35)38-8-3)16(4)31-29-32(25)27(34)23(40-29)14-17-12-19(30)26(33)22(13-17)36-5/h6,9-10,12-15,25,33H,1,7-8,11H2,2-5H3/b23-14+/t25-/m1/s1. The Kier molecular flexibility index (Phi) is 9.16. The lowest BCUT2D eigenvalue weighted by Gasteiger charge is -2.25. The summed E-state index contributed by atoms with van der Waals surface area (Å²) in [7, 11) is 1.45. The van der Waals surface area contributed by atoms with Crippen LogP contribution in [0.1, 0.15) is 37.9 Å². The van der Waals surface area contributed by atoms with E-state index in [1.165, 1.54) is 23.0 Å². The predicted octanol–water partition coefficient (Wildman–Crippen LogP) is 4.24. The fourth-order valence-corrected chi connectivity index (χ4v) is 5.83. The first kappa shape index (κ1) is 29.2. The van der Waals surface area contributed by atoms with Crippen molar-refractivity contribution < 1.29 is 28.8 Å². The lowest BCUT2D eigenvalue weighted by molar-refractivity contribution is -0.139. The average Bonchev–Trinajstić information content (AvgIpc) is 3.23. The first-order valence-electron chi connectivity index (χ1n) is 12.5. The van der Waals surface area contributed by atoms with Crippen LogP contribution >= 0.6 is 27.3 Å². The van der Waals surface area contributed by atoms with E-state index in [9.17, 15) is 14.7 Å². The third kappa shape index (κ3) is 5.71. The maximum atomic E-state index is 13.9. The monoisotopic (exact) mass is 628 g/mol. The number of aromatic nitrogens is 1. The van der Waals surface area contributed by atoms with Gasteiger partial charge in [-0.25, -0.2) is 9.79 Å². The first-order chi connectivity index (χ1) is 19.2. The third-order valence-electron chi connectivity index (χ3n) is 6.03. The summed E-state index contributed by atoms with van der Waals surface area (Å²) in [6, 6.07) is 7.80. The summed E-state index contributed by atoms with van der Waals surface area (Å²) in [5.74, 6) is 0.654. The van der Waals surface area contributed by atoms with Crippen molar-refractivity contribution in [1.29, 1.82) is 0 Å². The minimum atomic E-state index is -0.814. The predicted molar refractivity (Wildman–Crippen MR) is 156 cm³/mol. The van der Waals surface area contributed by atoms with Crippen LogP contribution in [0.5, 0.6) is 23.0 Å². The second kappa shape index (κ2) is 12.6. The molecule has 1 aromatic heterocycles. The number of allylic oxidation sites excluding steroid dienone is 1. The smallest absolute Gasteiger partial charge is 0.338 e. The van der Waals surface area contributed by atoms with E-state index in [1.54, 1.807) is 56.3 Å². The Bertz CT molecular complexity index is 1670. The zero-order valence-corrected chi connectivity index (χ0v) is 24.9. The molecule has 4 rings (SSSR count). The molecular formula is C29H29BrN2O7S. The number of halogens is 1. The summed E-state index contributed by atoms with van der Waals surface area (Å²) in [6.07, 6.45) is 3.32. The molecule has 9 nitrogen and oxygen atoms in total. The van der Waals surface area contributed by atoms with Gasteiger partial charge in [-0.05, 0) is 78.2 Å². The van der Waals surface area contributed by atoms with Crippen molar-refractivity contribution in [3.05, 3.63) is 89.5 Å². The number of fused-ring (bicyclic) bond motifs is 1. The SMILES string of the molecule is C=CCOc1ccc([C@@H]2C(C(=O)OCC)=C(C)N=c3s/c(=C/c4cc(Br)c(O)c(OC)c4)c(=O)n32)cc1OCC. The number of aromatic hydroxyl groups is 1. The second-order valence-electron chi connectivity index (χ2n) is 8.59. The van der Waals surface area contributed by atoms with Gasteiger partial charge in [0.1, 0.15) is 6.61 Å². The van der Waals surface area contributed by atoms with Crippen molar-refractivity contribution in [2.24, 2.45) is 4.99 Å². The Morgan fingerprint density at radius 3 is 2.62 bits per heavy atom. The molecule has 1 aliphatic heterocycles. The molecular weight excluding hydrogens is 600 g/mol. The van der Waals surface area contributed by atoms with Crippen LogP contribution in [0, 0.1) is 0 Å². The number of nitrogens with zero attached hydrogens (tertiary/aromatic N) is 2. The van der Waals surface area contributed by atoms with Gasteiger partial charge in [0.05, 0.1) is 46.6 Å². The molecule has 210 valence electrons. The fourth-order valence-electron chi connectivity index (χ4n) is 4.32. The quantitative estimate of drug-likeness (QED) is 0.264. The van der Waals surface area contributed by atoms with Crippen LogP contribution in [-0.2, 0) is 9.53 Å². The molecule has 1 atom stereocenters. The van der Waals surface area contributed by atoms with Gasteiger partial charge in [-0.1, -0.05) is 30.1 Å². The summed E-state index contributed by atoms with van der Waals surface area (Å²) in [4.78, 5) is 32.2. The summed E-state index contributed by atoms with van der Waals surface area (Å²) < 4.78 is 24.5. The topological polar surface area (TPSA) is 109 Å². The molecule has 0 amide bonds. The number of hydrogen-bond acceptors (Lipinski definition) is 9. The number of phenols is 1. The molecule has 0 spiro atoms. The van der Waals surface area contributed by atoms with Crippen LogP contribution in [0.3, 0.4) is 0 Å². The van der Waals surface area contributed by atoms with Gasteiger partial charge >= 0.3 is 5.97 Å². The Labute approximate surface area is 243 Å². The molecule has 0 fully saturated rings. The number of carbonyl (C=O) groups excluding carboxylic acids is 1. The molecule has 40 heavy (non-hydrogen) atoms. The van der Waals surface area contributed by atoms with Crippen LogP contribution in [0.15, 0.2) is 68.5 Å². The van der Waals surface area contributed by atoms with Gasteiger partial charge in [-0.3, -0.25) is 9.36 Å². The highest BCUT2D eigenvalue weighted by Crippen LogP contribution is 2.37. The molecule has 1 N–H and O–H groups in total. The molecule has 0 saturated carbocycles. The Morgan fingerprint density at radius 2 is 1.95 bits per heavy atom. The molecule has 0 radical (unpaired) electrons. The maximum Gasteiger partial charge on any atom is 0.338 e. The van der Waals surface area contributed by atoms with Crippen molar-refractivity contribution in [2.45, 2.75) is 26.8 Å². The van der Waals surface area contributed by atoms with Crippen LogP contribution in [0.25, 0.3) is 6.08 Å². The van der Waals surface area contributed by atoms with E-state index >= 15 is 0 Å². The van der Waals surface area contributed by atoms with Crippen molar-refractivity contribution in [2.75, 3.05) is 26.9 Å². The highest BCUT2D eigenvalue weighted by Gasteiger charge is 2.34. The molecule has 2 heterocycles. The number of benzene rings is 2. The highest BCUT2D eigenvalue weighted by molar-refractivity contribution is 9.10. The van der Waals surface area contributed by atoms with Crippen molar-refractivity contribution in [1.82, 2.24) is 4.57 Å². The molecule has 1 aliphatic rings. The molecule has 0 saturated heterocycles. The number of phenolic OH excluding ortho intramolecular Hbond substituents is 1. The molecule has 0 bridgehead atoms. The van der Waals surface area contributed by atoms with Crippen molar-refractivity contribution in [3.8, 4) is 23.0 Å². The lowest BCUT2D eigenvalue weighted by Crippen LogP contribution is -2.40. The van der Waals surface area contributed by atoms with E-state index in [1.807, 2.05) is 6.92 Å². The number of rotatable bonds is 10. The Morgan fingerprint density at radius 1 is 1.18 bits per heavy atom. The van der Waals surface area contributed by atoms with Gasteiger partial charge in [0.15, 0.2) is 27.8 Å². The molecule has 11 heteroatoms. The maximum absolute atomic E-state index is 13.9. The third-order valence-corrected chi connectivity index (χ3v) is 7.61. The van der Waals surface area contributed by atoms with Crippen LogP contribution in [-0.4, -0.2) is 42.6 Å².